The van der Waals surface area contributed by atoms with Gasteiger partial charge in [0.2, 0.25) is 5.91 Å². The predicted molar refractivity (Wildman–Crippen MR) is 109 cm³/mol. The summed E-state index contributed by atoms with van der Waals surface area (Å²) in [5.41, 5.74) is 1.33. The number of methoxy groups -OCH3 is 1. The molecule has 0 unspecified atom stereocenters. The third kappa shape index (κ3) is 3.49. The highest BCUT2D eigenvalue weighted by Crippen LogP contribution is 2.35. The maximum Gasteiger partial charge on any atom is 0.279 e. The van der Waals surface area contributed by atoms with Gasteiger partial charge in [0.25, 0.3) is 5.56 Å². The van der Waals surface area contributed by atoms with Crippen molar-refractivity contribution in [1.82, 2.24) is 15.0 Å². The lowest BCUT2D eigenvalue weighted by Crippen LogP contribution is -2.30. The largest absolute Gasteiger partial charge is 0.495 e. The average Bonchev–Trinajstić information content (AvgIpc) is 3.02. The number of benzene rings is 1. The van der Waals surface area contributed by atoms with E-state index in [0.29, 0.717) is 32.6 Å². The van der Waals surface area contributed by atoms with Gasteiger partial charge in [-0.2, -0.15) is 0 Å². The Morgan fingerprint density at radius 2 is 2.29 bits per heavy atom. The molecule has 1 aliphatic carbocycles. The van der Waals surface area contributed by atoms with Gasteiger partial charge in [-0.3, -0.25) is 9.59 Å². The standard InChI is InChI=1S/C19H19ClN4O3S/c1-10-3-5-12-15(7-10)28-18-17(12)19(26)24(23-22-18)9-16(25)21-11-4-6-14(27-2)13(20)8-11/h4,6,8,10H,3,5,7,9H2,1-2H3,(H,21,25)/t10-/m1/s1. The van der Waals surface area contributed by atoms with E-state index >= 15 is 0 Å². The summed E-state index contributed by atoms with van der Waals surface area (Å²) < 4.78 is 6.21. The average molecular weight is 419 g/mol. The molecule has 0 bridgehead atoms. The number of rotatable bonds is 4. The smallest absolute Gasteiger partial charge is 0.279 e. The highest BCUT2D eigenvalue weighted by Gasteiger charge is 2.24. The van der Waals surface area contributed by atoms with Crippen molar-refractivity contribution in [2.45, 2.75) is 32.7 Å². The third-order valence-electron chi connectivity index (χ3n) is 4.91. The van der Waals surface area contributed by atoms with Gasteiger partial charge in [-0.1, -0.05) is 23.7 Å². The van der Waals surface area contributed by atoms with Crippen LogP contribution in [0.2, 0.25) is 5.02 Å². The van der Waals surface area contributed by atoms with Crippen LogP contribution in [0.5, 0.6) is 5.75 Å². The fraction of sp³-hybridized carbons (Fsp3) is 0.368. The molecule has 1 atom stereocenters. The molecule has 4 rings (SSSR count). The van der Waals surface area contributed by atoms with Gasteiger partial charge in [0.05, 0.1) is 17.5 Å². The SMILES string of the molecule is COc1ccc(NC(=O)Cn2nnc3sc4c(c3c2=O)CC[C@@H](C)C4)cc1Cl. The summed E-state index contributed by atoms with van der Waals surface area (Å²) in [6, 6.07) is 4.93. The molecule has 0 radical (unpaired) electrons. The molecule has 2 aromatic heterocycles. The molecule has 2 heterocycles. The number of carbonyl (C=O) groups excluding carboxylic acids is 1. The molecule has 0 saturated carbocycles. The number of ether oxygens (including phenoxy) is 1. The first-order valence-corrected chi connectivity index (χ1v) is 10.2. The molecule has 1 N–H and O–H groups in total. The zero-order valence-corrected chi connectivity index (χ0v) is 17.1. The van der Waals surface area contributed by atoms with Gasteiger partial charge >= 0.3 is 0 Å². The van der Waals surface area contributed by atoms with Crippen molar-refractivity contribution < 1.29 is 9.53 Å². The number of fused-ring (bicyclic) bond motifs is 3. The molecular weight excluding hydrogens is 400 g/mol. The molecule has 1 amide bonds. The summed E-state index contributed by atoms with van der Waals surface area (Å²) in [6.07, 6.45) is 2.89. The Bertz CT molecular complexity index is 1120. The van der Waals surface area contributed by atoms with Gasteiger partial charge < -0.3 is 10.1 Å². The number of aromatic nitrogens is 3. The van der Waals surface area contributed by atoms with Crippen LogP contribution in [0, 0.1) is 5.92 Å². The van der Waals surface area contributed by atoms with E-state index in [2.05, 4.69) is 22.6 Å². The number of anilines is 1. The van der Waals surface area contributed by atoms with E-state index in [4.69, 9.17) is 16.3 Å². The summed E-state index contributed by atoms with van der Waals surface area (Å²) >= 11 is 7.62. The molecule has 0 fully saturated rings. The first-order valence-electron chi connectivity index (χ1n) is 8.97. The second-order valence-corrected chi connectivity index (χ2v) is 8.47. The van der Waals surface area contributed by atoms with Crippen molar-refractivity contribution in [1.29, 1.82) is 0 Å². The van der Waals surface area contributed by atoms with Crippen LogP contribution in [0.25, 0.3) is 10.2 Å². The zero-order valence-electron chi connectivity index (χ0n) is 15.5. The number of aryl methyl sites for hydroxylation is 1. The van der Waals surface area contributed by atoms with Crippen LogP contribution < -0.4 is 15.6 Å². The van der Waals surface area contributed by atoms with E-state index < -0.39 is 0 Å². The van der Waals surface area contributed by atoms with Crippen molar-refractivity contribution in [3.63, 3.8) is 0 Å². The van der Waals surface area contributed by atoms with Gasteiger partial charge in [-0.25, -0.2) is 4.68 Å². The number of halogens is 1. The lowest BCUT2D eigenvalue weighted by atomic mass is 9.89. The van der Waals surface area contributed by atoms with Gasteiger partial charge in [0, 0.05) is 10.6 Å². The molecule has 0 aliphatic heterocycles. The van der Waals surface area contributed by atoms with Crippen molar-refractivity contribution in [3.05, 3.63) is 44.0 Å². The van der Waals surface area contributed by atoms with Crippen LogP contribution in [-0.4, -0.2) is 28.0 Å². The highest BCUT2D eigenvalue weighted by molar-refractivity contribution is 7.18. The number of nitrogens with one attached hydrogen (secondary N) is 1. The molecule has 0 saturated heterocycles. The Balaban J connectivity index is 1.58. The monoisotopic (exact) mass is 418 g/mol. The van der Waals surface area contributed by atoms with E-state index in [0.717, 1.165) is 29.5 Å². The normalized spacial score (nSPS) is 16.0. The minimum absolute atomic E-state index is 0.216. The van der Waals surface area contributed by atoms with Crippen LogP contribution in [0.3, 0.4) is 0 Å². The Kier molecular flexibility index (Phi) is 5.07. The summed E-state index contributed by atoms with van der Waals surface area (Å²) in [5.74, 6) is 0.747. The maximum atomic E-state index is 12.9. The van der Waals surface area contributed by atoms with E-state index in [9.17, 15) is 9.59 Å². The molecule has 9 heteroatoms. The van der Waals surface area contributed by atoms with Crippen LogP contribution in [0.1, 0.15) is 23.8 Å². The van der Waals surface area contributed by atoms with Gasteiger partial charge in [0.15, 0.2) is 4.83 Å². The fourth-order valence-electron chi connectivity index (χ4n) is 3.48. The van der Waals surface area contributed by atoms with Gasteiger partial charge in [-0.05, 0) is 48.9 Å². The van der Waals surface area contributed by atoms with E-state index in [1.165, 1.54) is 23.3 Å². The molecule has 1 aliphatic rings. The van der Waals surface area contributed by atoms with Crippen LogP contribution in [0.4, 0.5) is 5.69 Å². The molecular formula is C19H19ClN4O3S. The minimum Gasteiger partial charge on any atom is -0.495 e. The van der Waals surface area contributed by atoms with Crippen molar-refractivity contribution in [2.24, 2.45) is 5.92 Å². The van der Waals surface area contributed by atoms with E-state index in [1.54, 1.807) is 18.2 Å². The molecule has 3 aromatic rings. The summed E-state index contributed by atoms with van der Waals surface area (Å²) in [6.45, 7) is 2.00. The van der Waals surface area contributed by atoms with Gasteiger partial charge in [0.1, 0.15) is 12.3 Å². The summed E-state index contributed by atoms with van der Waals surface area (Å²) in [7, 11) is 1.52. The van der Waals surface area contributed by atoms with Crippen LogP contribution in [-0.2, 0) is 24.2 Å². The number of nitrogens with zero attached hydrogens (tertiary/aromatic N) is 3. The number of carbonyl (C=O) groups is 1. The zero-order chi connectivity index (χ0) is 19.8. The summed E-state index contributed by atoms with van der Waals surface area (Å²) in [4.78, 5) is 27.2. The Labute approximate surface area is 170 Å². The quantitative estimate of drug-likeness (QED) is 0.702. The molecule has 146 valence electrons. The van der Waals surface area contributed by atoms with Crippen LogP contribution in [0.15, 0.2) is 23.0 Å². The lowest BCUT2D eigenvalue weighted by molar-refractivity contribution is -0.117. The molecule has 0 spiro atoms. The lowest BCUT2D eigenvalue weighted by Gasteiger charge is -2.17. The topological polar surface area (TPSA) is 86.1 Å². The Hall–Kier alpha value is -2.45. The second-order valence-electron chi connectivity index (χ2n) is 6.98. The number of hydrogen-bond acceptors (Lipinski definition) is 6. The van der Waals surface area contributed by atoms with Crippen LogP contribution >= 0.6 is 22.9 Å². The van der Waals surface area contributed by atoms with E-state index in [-0.39, 0.29) is 18.0 Å². The highest BCUT2D eigenvalue weighted by atomic mass is 35.5. The molecule has 7 nitrogen and oxygen atoms in total. The molecule has 1 aromatic carbocycles. The third-order valence-corrected chi connectivity index (χ3v) is 6.35. The predicted octanol–water partition coefficient (Wildman–Crippen LogP) is 3.28. The van der Waals surface area contributed by atoms with Crippen molar-refractivity contribution >= 4 is 44.7 Å². The van der Waals surface area contributed by atoms with Gasteiger partial charge in [-0.15, -0.1) is 16.4 Å². The van der Waals surface area contributed by atoms with Crippen molar-refractivity contribution in [2.75, 3.05) is 12.4 Å². The number of amides is 1. The Morgan fingerprint density at radius 1 is 1.46 bits per heavy atom. The maximum absolute atomic E-state index is 12.9. The first kappa shape index (κ1) is 18.9. The number of thiophene rings is 1. The summed E-state index contributed by atoms with van der Waals surface area (Å²) in [5, 5.41) is 11.9. The fourth-order valence-corrected chi connectivity index (χ4v) is 5.05. The second kappa shape index (κ2) is 7.52. The van der Waals surface area contributed by atoms with E-state index in [1.807, 2.05) is 0 Å². The Morgan fingerprint density at radius 3 is 3.04 bits per heavy atom. The van der Waals surface area contributed by atoms with Crippen molar-refractivity contribution in [3.8, 4) is 5.75 Å². The first-order chi connectivity index (χ1) is 13.5. The molecule has 28 heavy (non-hydrogen) atoms. The number of hydrogen-bond donors (Lipinski definition) is 1. The minimum atomic E-state index is -0.380.